The van der Waals surface area contributed by atoms with Gasteiger partial charge in [-0.1, -0.05) is 24.3 Å². The number of aryl methyl sites for hydroxylation is 1. The standard InChI is InChI=1S/C16H14N4O3/c1-12-5-2-3-8-15(12)22-10-16(21)23-14-7-4-6-13(9-14)20-11-17-18-19-20/h2-9,11H,10H2,1H3. The number of rotatable bonds is 5. The van der Waals surface area contributed by atoms with Gasteiger partial charge in [0.1, 0.15) is 17.8 Å². The summed E-state index contributed by atoms with van der Waals surface area (Å²) in [5.41, 5.74) is 1.65. The van der Waals surface area contributed by atoms with Gasteiger partial charge in [-0.15, -0.1) is 5.10 Å². The van der Waals surface area contributed by atoms with Crippen molar-refractivity contribution in [2.24, 2.45) is 0 Å². The second kappa shape index (κ2) is 6.69. The Morgan fingerprint density at radius 1 is 1.17 bits per heavy atom. The zero-order valence-corrected chi connectivity index (χ0v) is 12.4. The summed E-state index contributed by atoms with van der Waals surface area (Å²) in [5.74, 6) is 0.574. The predicted molar refractivity (Wildman–Crippen MR) is 81.5 cm³/mol. The Balaban J connectivity index is 1.62. The Labute approximate surface area is 132 Å². The van der Waals surface area contributed by atoms with E-state index in [1.54, 1.807) is 30.3 Å². The summed E-state index contributed by atoms with van der Waals surface area (Å²) in [7, 11) is 0. The van der Waals surface area contributed by atoms with Crippen molar-refractivity contribution in [1.29, 1.82) is 0 Å². The maximum absolute atomic E-state index is 11.9. The van der Waals surface area contributed by atoms with E-state index in [0.717, 1.165) is 5.56 Å². The molecular weight excluding hydrogens is 296 g/mol. The van der Waals surface area contributed by atoms with Crippen molar-refractivity contribution in [1.82, 2.24) is 20.2 Å². The summed E-state index contributed by atoms with van der Waals surface area (Å²) >= 11 is 0. The van der Waals surface area contributed by atoms with Gasteiger partial charge in [0.25, 0.3) is 0 Å². The molecule has 0 N–H and O–H groups in total. The van der Waals surface area contributed by atoms with Gasteiger partial charge in [-0.3, -0.25) is 0 Å². The van der Waals surface area contributed by atoms with E-state index in [4.69, 9.17) is 9.47 Å². The van der Waals surface area contributed by atoms with Crippen molar-refractivity contribution in [3.63, 3.8) is 0 Å². The third-order valence-electron chi connectivity index (χ3n) is 3.10. The third-order valence-corrected chi connectivity index (χ3v) is 3.10. The van der Waals surface area contributed by atoms with Crippen molar-refractivity contribution in [3.05, 3.63) is 60.4 Å². The predicted octanol–water partition coefficient (Wildman–Crippen LogP) is 1.96. The van der Waals surface area contributed by atoms with Crippen molar-refractivity contribution in [3.8, 4) is 17.2 Å². The van der Waals surface area contributed by atoms with E-state index < -0.39 is 5.97 Å². The highest BCUT2D eigenvalue weighted by Gasteiger charge is 2.08. The Hall–Kier alpha value is -3.22. The van der Waals surface area contributed by atoms with Crippen LogP contribution in [0.2, 0.25) is 0 Å². The molecule has 0 saturated heterocycles. The van der Waals surface area contributed by atoms with Crippen LogP contribution in [0.4, 0.5) is 0 Å². The normalized spacial score (nSPS) is 10.3. The maximum atomic E-state index is 11.9. The van der Waals surface area contributed by atoms with Gasteiger partial charge in [-0.25, -0.2) is 9.48 Å². The molecule has 3 aromatic rings. The van der Waals surface area contributed by atoms with Crippen LogP contribution in [0.5, 0.6) is 11.5 Å². The zero-order chi connectivity index (χ0) is 16.1. The molecule has 0 aliphatic carbocycles. The SMILES string of the molecule is Cc1ccccc1OCC(=O)Oc1cccc(-n2cnnn2)c1. The first-order valence-electron chi connectivity index (χ1n) is 6.95. The van der Waals surface area contributed by atoms with E-state index in [1.807, 2.05) is 25.1 Å². The molecular formula is C16H14N4O3. The molecule has 0 saturated carbocycles. The lowest BCUT2D eigenvalue weighted by Gasteiger charge is -2.09. The molecule has 0 unspecified atom stereocenters. The Bertz CT molecular complexity index is 803. The number of carbonyl (C=O) groups excluding carboxylic acids is 1. The second-order valence-corrected chi connectivity index (χ2v) is 4.78. The first-order valence-corrected chi connectivity index (χ1v) is 6.95. The van der Waals surface area contributed by atoms with E-state index in [2.05, 4.69) is 15.5 Å². The van der Waals surface area contributed by atoms with Gasteiger partial charge in [-0.05, 0) is 41.1 Å². The molecule has 0 aliphatic rings. The highest BCUT2D eigenvalue weighted by molar-refractivity contribution is 5.74. The van der Waals surface area contributed by atoms with Crippen LogP contribution < -0.4 is 9.47 Å². The molecule has 3 rings (SSSR count). The lowest BCUT2D eigenvalue weighted by Crippen LogP contribution is -2.18. The first-order chi connectivity index (χ1) is 11.2. The molecule has 1 heterocycles. The number of hydrogen-bond acceptors (Lipinski definition) is 6. The summed E-state index contributed by atoms with van der Waals surface area (Å²) in [4.78, 5) is 11.9. The van der Waals surface area contributed by atoms with Gasteiger partial charge in [-0.2, -0.15) is 0 Å². The monoisotopic (exact) mass is 310 g/mol. The summed E-state index contributed by atoms with van der Waals surface area (Å²) in [6, 6.07) is 14.4. The van der Waals surface area contributed by atoms with Gasteiger partial charge < -0.3 is 9.47 Å². The van der Waals surface area contributed by atoms with E-state index in [9.17, 15) is 4.79 Å². The van der Waals surface area contributed by atoms with Crippen LogP contribution in [0, 0.1) is 6.92 Å². The highest BCUT2D eigenvalue weighted by atomic mass is 16.6. The minimum atomic E-state index is -0.484. The molecule has 0 aliphatic heterocycles. The minimum absolute atomic E-state index is 0.167. The molecule has 0 bridgehead atoms. The van der Waals surface area contributed by atoms with E-state index in [0.29, 0.717) is 17.2 Å². The molecule has 2 aromatic carbocycles. The Kier molecular flexibility index (Phi) is 4.28. The van der Waals surface area contributed by atoms with Crippen molar-refractivity contribution < 1.29 is 14.3 Å². The van der Waals surface area contributed by atoms with Crippen LogP contribution in [0.1, 0.15) is 5.56 Å². The topological polar surface area (TPSA) is 79.1 Å². The average Bonchev–Trinajstić information content (AvgIpc) is 3.09. The first kappa shape index (κ1) is 14.7. The maximum Gasteiger partial charge on any atom is 0.349 e. The van der Waals surface area contributed by atoms with Crippen LogP contribution in [0.25, 0.3) is 5.69 Å². The number of para-hydroxylation sites is 1. The zero-order valence-electron chi connectivity index (χ0n) is 12.4. The lowest BCUT2D eigenvalue weighted by molar-refractivity contribution is -0.136. The van der Waals surface area contributed by atoms with Crippen LogP contribution in [-0.4, -0.2) is 32.8 Å². The van der Waals surface area contributed by atoms with Gasteiger partial charge in [0.05, 0.1) is 5.69 Å². The smallest absolute Gasteiger partial charge is 0.349 e. The fraction of sp³-hybridized carbons (Fsp3) is 0.125. The number of aromatic nitrogens is 4. The van der Waals surface area contributed by atoms with E-state index >= 15 is 0 Å². The number of carbonyl (C=O) groups is 1. The number of esters is 1. The average molecular weight is 310 g/mol. The number of hydrogen-bond donors (Lipinski definition) is 0. The molecule has 0 atom stereocenters. The van der Waals surface area contributed by atoms with Gasteiger partial charge in [0.2, 0.25) is 0 Å². The van der Waals surface area contributed by atoms with Gasteiger partial charge in [0.15, 0.2) is 6.61 Å². The van der Waals surface area contributed by atoms with E-state index in [1.165, 1.54) is 11.0 Å². The van der Waals surface area contributed by atoms with Crippen LogP contribution in [0.15, 0.2) is 54.9 Å². The molecule has 0 spiro atoms. The van der Waals surface area contributed by atoms with Crippen LogP contribution >= 0.6 is 0 Å². The highest BCUT2D eigenvalue weighted by Crippen LogP contribution is 2.18. The molecule has 0 fully saturated rings. The Morgan fingerprint density at radius 2 is 2.04 bits per heavy atom. The third kappa shape index (κ3) is 3.70. The summed E-state index contributed by atoms with van der Waals surface area (Å²) in [6.07, 6.45) is 1.46. The molecule has 0 amide bonds. The van der Waals surface area contributed by atoms with Crippen molar-refractivity contribution in [2.75, 3.05) is 6.61 Å². The number of benzene rings is 2. The molecule has 7 heteroatoms. The molecule has 0 radical (unpaired) electrons. The molecule has 7 nitrogen and oxygen atoms in total. The van der Waals surface area contributed by atoms with Crippen LogP contribution in [0.3, 0.4) is 0 Å². The largest absolute Gasteiger partial charge is 0.482 e. The molecule has 1 aromatic heterocycles. The Morgan fingerprint density at radius 3 is 2.83 bits per heavy atom. The second-order valence-electron chi connectivity index (χ2n) is 4.78. The molecule has 23 heavy (non-hydrogen) atoms. The molecule has 116 valence electrons. The van der Waals surface area contributed by atoms with Crippen LogP contribution in [-0.2, 0) is 4.79 Å². The number of nitrogens with zero attached hydrogens (tertiary/aromatic N) is 4. The summed E-state index contributed by atoms with van der Waals surface area (Å²) in [6.45, 7) is 1.75. The summed E-state index contributed by atoms with van der Waals surface area (Å²) in [5, 5.41) is 10.9. The fourth-order valence-electron chi connectivity index (χ4n) is 1.99. The number of tetrazole rings is 1. The van der Waals surface area contributed by atoms with Crippen molar-refractivity contribution >= 4 is 5.97 Å². The fourth-order valence-corrected chi connectivity index (χ4v) is 1.99. The van der Waals surface area contributed by atoms with Gasteiger partial charge >= 0.3 is 5.97 Å². The quantitative estimate of drug-likeness (QED) is 0.529. The summed E-state index contributed by atoms with van der Waals surface area (Å²) < 4.78 is 12.2. The van der Waals surface area contributed by atoms with E-state index in [-0.39, 0.29) is 6.61 Å². The van der Waals surface area contributed by atoms with Crippen molar-refractivity contribution in [2.45, 2.75) is 6.92 Å². The minimum Gasteiger partial charge on any atom is -0.482 e. The number of ether oxygens (including phenoxy) is 2. The van der Waals surface area contributed by atoms with Gasteiger partial charge in [0, 0.05) is 6.07 Å². The lowest BCUT2D eigenvalue weighted by atomic mass is 10.2.